The maximum absolute atomic E-state index is 7.49. The third-order valence-corrected chi connectivity index (χ3v) is 17.2. The minimum atomic E-state index is -2.24. The molecule has 0 radical (unpaired) electrons. The third kappa shape index (κ3) is 4.93. The fourth-order valence-corrected chi connectivity index (χ4v) is 14.9. The van der Waals surface area contributed by atoms with Gasteiger partial charge < -0.3 is 4.74 Å². The lowest BCUT2D eigenvalue weighted by Gasteiger charge is -2.42. The van der Waals surface area contributed by atoms with Gasteiger partial charge in [-0.2, -0.15) is 0 Å². The van der Waals surface area contributed by atoms with Gasteiger partial charge in [0.2, 0.25) is 0 Å². The Balaban J connectivity index is 1.53. The predicted molar refractivity (Wildman–Crippen MR) is 202 cm³/mol. The maximum Gasteiger partial charge on any atom is 0.174 e. The molecular weight excluding hydrogens is 594 g/mol. The van der Waals surface area contributed by atoms with Crippen molar-refractivity contribution in [1.82, 2.24) is 0 Å². The first kappa shape index (κ1) is 30.6. The molecule has 228 valence electrons. The highest BCUT2D eigenvalue weighted by Crippen LogP contribution is 2.68. The number of fused-ring (bicyclic) bond motifs is 2. The van der Waals surface area contributed by atoms with Crippen LogP contribution < -0.4 is 36.6 Å². The largest absolute Gasteiger partial charge is 0.452 e. The number of hydrogen-bond donors (Lipinski definition) is 0. The third-order valence-electron chi connectivity index (χ3n) is 9.46. The average Bonchev–Trinajstić information content (AvgIpc) is 3.07. The molecule has 1 aliphatic heterocycles. The van der Waals surface area contributed by atoms with Crippen molar-refractivity contribution >= 4 is 47.0 Å². The van der Waals surface area contributed by atoms with Crippen LogP contribution in [0.5, 0.6) is 11.5 Å². The highest BCUT2D eigenvalue weighted by molar-refractivity contribution is 7.97. The monoisotopic (exact) mass is 635 g/mol. The molecule has 0 fully saturated rings. The molecule has 0 aromatic heterocycles. The van der Waals surface area contributed by atoms with Crippen LogP contribution in [0, 0.1) is 0 Å². The topological polar surface area (TPSA) is 9.23 Å². The maximum atomic E-state index is 7.49. The second-order valence-corrected chi connectivity index (χ2v) is 19.9. The van der Waals surface area contributed by atoms with E-state index in [4.69, 9.17) is 4.74 Å². The molecule has 1 nitrogen and oxygen atoms in total. The molecule has 0 N–H and O–H groups in total. The van der Waals surface area contributed by atoms with E-state index in [2.05, 4.69) is 192 Å². The van der Waals surface area contributed by atoms with Crippen molar-refractivity contribution in [2.45, 2.75) is 45.2 Å². The zero-order valence-electron chi connectivity index (χ0n) is 27.3. The Labute approximate surface area is 276 Å². The summed E-state index contributed by atoms with van der Waals surface area (Å²) in [7, 11) is -3.10. The van der Waals surface area contributed by atoms with E-state index in [1.807, 2.05) is 0 Å². The Bertz CT molecular complexity index is 1880. The van der Waals surface area contributed by atoms with Crippen LogP contribution in [-0.2, 0) is 5.41 Å². The summed E-state index contributed by atoms with van der Waals surface area (Å²) in [6.07, 6.45) is 0. The normalized spacial score (nSPS) is 13.9. The van der Waals surface area contributed by atoms with E-state index in [-0.39, 0.29) is 10.6 Å². The molecule has 0 saturated carbocycles. The molecule has 7 rings (SSSR count). The van der Waals surface area contributed by atoms with E-state index in [9.17, 15) is 0 Å². The van der Waals surface area contributed by atoms with Gasteiger partial charge in [-0.05, 0) is 69.6 Å². The van der Waals surface area contributed by atoms with Crippen LogP contribution in [0.1, 0.15) is 45.7 Å². The highest BCUT2D eigenvalue weighted by Gasteiger charge is 2.58. The van der Waals surface area contributed by atoms with Crippen LogP contribution in [0.2, 0.25) is 0 Å². The fraction of sp³-hybridized carbons (Fsp3) is 0.163. The summed E-state index contributed by atoms with van der Waals surface area (Å²) in [4.78, 5) is 0. The van der Waals surface area contributed by atoms with Gasteiger partial charge in [-0.1, -0.05) is 141 Å². The summed E-state index contributed by atoms with van der Waals surface area (Å²) < 4.78 is 7.49. The molecular formula is C43H41OP2+. The van der Waals surface area contributed by atoms with Gasteiger partial charge in [0.25, 0.3) is 0 Å². The summed E-state index contributed by atoms with van der Waals surface area (Å²) in [6, 6.07) is 58.0. The molecule has 0 unspecified atom stereocenters. The van der Waals surface area contributed by atoms with Crippen LogP contribution in [0.3, 0.4) is 0 Å². The number of hydrogen-bond acceptors (Lipinski definition) is 1. The van der Waals surface area contributed by atoms with Gasteiger partial charge in [0, 0.05) is 21.8 Å². The van der Waals surface area contributed by atoms with E-state index >= 15 is 0 Å². The van der Waals surface area contributed by atoms with Gasteiger partial charge in [-0.25, -0.2) is 0 Å². The van der Waals surface area contributed by atoms with Crippen molar-refractivity contribution in [3.05, 3.63) is 169 Å². The van der Waals surface area contributed by atoms with Crippen LogP contribution in [-0.4, -0.2) is 5.16 Å². The lowest BCUT2D eigenvalue weighted by Crippen LogP contribution is -2.44. The fourth-order valence-electron chi connectivity index (χ4n) is 7.38. The Kier molecular flexibility index (Phi) is 7.97. The lowest BCUT2D eigenvalue weighted by atomic mass is 9.76. The smallest absolute Gasteiger partial charge is 0.174 e. The van der Waals surface area contributed by atoms with Gasteiger partial charge in [0.1, 0.15) is 28.9 Å². The molecule has 1 heterocycles. The summed E-state index contributed by atoms with van der Waals surface area (Å²) in [5, 5.41) is 7.88. The summed E-state index contributed by atoms with van der Waals surface area (Å²) in [6.45, 7) is 12.0. The van der Waals surface area contributed by atoms with Crippen molar-refractivity contribution in [2.24, 2.45) is 0 Å². The average molecular weight is 636 g/mol. The van der Waals surface area contributed by atoms with Crippen molar-refractivity contribution in [1.29, 1.82) is 0 Å². The number of para-hydroxylation sites is 2. The molecule has 0 spiro atoms. The van der Waals surface area contributed by atoms with Crippen molar-refractivity contribution < 1.29 is 4.74 Å². The van der Waals surface area contributed by atoms with E-state index in [0.29, 0.717) is 0 Å². The van der Waals surface area contributed by atoms with Crippen molar-refractivity contribution in [3.63, 3.8) is 0 Å². The van der Waals surface area contributed by atoms with Crippen LogP contribution >= 0.6 is 15.2 Å². The highest BCUT2D eigenvalue weighted by atomic mass is 31.2. The Morgan fingerprint density at radius 3 is 1.41 bits per heavy atom. The second kappa shape index (κ2) is 12.0. The molecule has 0 aliphatic carbocycles. The predicted octanol–water partition coefficient (Wildman–Crippen LogP) is 8.97. The van der Waals surface area contributed by atoms with Gasteiger partial charge >= 0.3 is 0 Å². The van der Waals surface area contributed by atoms with Crippen LogP contribution in [0.15, 0.2) is 158 Å². The molecule has 0 atom stereocenters. The van der Waals surface area contributed by atoms with Gasteiger partial charge in [0.15, 0.2) is 5.75 Å². The number of ether oxygens (including phenoxy) is 1. The van der Waals surface area contributed by atoms with Gasteiger partial charge in [-0.3, -0.25) is 0 Å². The minimum Gasteiger partial charge on any atom is -0.452 e. The summed E-state index contributed by atoms with van der Waals surface area (Å²) >= 11 is 0. The summed E-state index contributed by atoms with van der Waals surface area (Å²) in [5.74, 6) is 2.04. The van der Waals surface area contributed by atoms with Crippen LogP contribution in [0.25, 0.3) is 0 Å². The molecule has 1 aliphatic rings. The van der Waals surface area contributed by atoms with E-state index < -0.39 is 15.2 Å². The first-order valence-electron chi connectivity index (χ1n) is 16.1. The molecule has 0 saturated heterocycles. The second-order valence-electron chi connectivity index (χ2n) is 13.6. The zero-order valence-corrected chi connectivity index (χ0v) is 29.1. The number of rotatable bonds is 6. The molecule has 0 amide bonds. The standard InChI is InChI=1S/C43H41OP2/c1-42(2,3)46(34-24-14-8-15-25-34,35-26-16-9-17-27-35)39-31-19-29-37-41(39)44-40-36(43(37,4)5)28-18-30-38(40)45(32-20-10-6-11-21-32)33-22-12-7-13-23-33/h6-31H,1-5H3/q+1. The SMILES string of the molecule is CC1(C)c2cccc(P(c3ccccc3)c3ccccc3)c2Oc2c1cccc2[P+](c1ccccc1)(c1ccccc1)C(C)(C)C. The van der Waals surface area contributed by atoms with E-state index in [1.54, 1.807) is 0 Å². The zero-order chi connectivity index (χ0) is 31.9. The Morgan fingerprint density at radius 2 is 0.935 bits per heavy atom. The molecule has 0 bridgehead atoms. The first-order chi connectivity index (χ1) is 22.2. The van der Waals surface area contributed by atoms with Crippen LogP contribution in [0.4, 0.5) is 0 Å². The quantitative estimate of drug-likeness (QED) is 0.166. The van der Waals surface area contributed by atoms with Gasteiger partial charge in [-0.15, -0.1) is 0 Å². The molecule has 6 aromatic carbocycles. The van der Waals surface area contributed by atoms with E-state index in [0.717, 1.165) is 11.5 Å². The van der Waals surface area contributed by atoms with Gasteiger partial charge in [0.05, 0.1) is 5.16 Å². The Hall–Kier alpha value is -4.02. The Morgan fingerprint density at radius 1 is 0.500 bits per heavy atom. The molecule has 3 heteroatoms. The molecule has 6 aromatic rings. The molecule has 46 heavy (non-hydrogen) atoms. The van der Waals surface area contributed by atoms with Crippen molar-refractivity contribution in [3.8, 4) is 11.5 Å². The first-order valence-corrected chi connectivity index (χ1v) is 19.2. The number of benzene rings is 6. The lowest BCUT2D eigenvalue weighted by molar-refractivity contribution is 0.424. The van der Waals surface area contributed by atoms with E-state index in [1.165, 1.54) is 43.0 Å². The minimum absolute atomic E-state index is 0.0845. The van der Waals surface area contributed by atoms with Crippen molar-refractivity contribution in [2.75, 3.05) is 0 Å². The summed E-state index contributed by atoms with van der Waals surface area (Å²) in [5.41, 5.74) is 2.23.